The van der Waals surface area contributed by atoms with Gasteiger partial charge < -0.3 is 14.6 Å². The lowest BCUT2D eigenvalue weighted by Crippen LogP contribution is -2.50. The fourth-order valence-corrected chi connectivity index (χ4v) is 4.08. The number of aromatic nitrogens is 2. The fourth-order valence-electron chi connectivity index (χ4n) is 4.08. The van der Waals surface area contributed by atoms with Crippen molar-refractivity contribution in [1.82, 2.24) is 9.55 Å². The van der Waals surface area contributed by atoms with E-state index in [0.29, 0.717) is 17.9 Å². The van der Waals surface area contributed by atoms with Crippen LogP contribution in [0.5, 0.6) is 5.75 Å². The van der Waals surface area contributed by atoms with Gasteiger partial charge in [-0.25, -0.2) is 4.98 Å². The van der Waals surface area contributed by atoms with Gasteiger partial charge in [-0.15, -0.1) is 0 Å². The Balaban J connectivity index is 1.61. The first kappa shape index (κ1) is 17.6. The van der Waals surface area contributed by atoms with Crippen molar-refractivity contribution in [2.24, 2.45) is 13.0 Å². The number of hydrogen-bond acceptors (Lipinski definition) is 4. The quantitative estimate of drug-likeness (QED) is 0.842. The molecule has 1 aliphatic carbocycles. The number of rotatable bonds is 4. The number of fused-ring (bicyclic) bond motifs is 1. The van der Waals surface area contributed by atoms with Crippen LogP contribution >= 0.6 is 0 Å². The molecule has 2 amide bonds. The highest BCUT2D eigenvalue weighted by Gasteiger charge is 2.43. The molecule has 1 unspecified atom stereocenters. The van der Waals surface area contributed by atoms with E-state index in [-0.39, 0.29) is 17.9 Å². The third kappa shape index (κ3) is 3.18. The average Bonchev–Trinajstić information content (AvgIpc) is 3.32. The molecule has 1 saturated carbocycles. The highest BCUT2D eigenvalue weighted by atomic mass is 16.5. The third-order valence-electron chi connectivity index (χ3n) is 5.54. The van der Waals surface area contributed by atoms with E-state index >= 15 is 0 Å². The maximum atomic E-state index is 13.2. The molecule has 1 aromatic heterocycles. The molecule has 1 N–H and O–H groups in total. The maximum Gasteiger partial charge on any atom is 0.241 e. The summed E-state index contributed by atoms with van der Waals surface area (Å²) in [5, 5.41) is 2.87. The van der Waals surface area contributed by atoms with E-state index in [0.717, 1.165) is 37.2 Å². The highest BCUT2D eigenvalue weighted by molar-refractivity contribution is 6.13. The minimum absolute atomic E-state index is 0.138. The number of carbonyl (C=O) groups is 2. The summed E-state index contributed by atoms with van der Waals surface area (Å²) in [5.74, 6) is 0.195. The van der Waals surface area contributed by atoms with E-state index < -0.39 is 5.92 Å². The van der Waals surface area contributed by atoms with Crippen molar-refractivity contribution < 1.29 is 14.3 Å². The third-order valence-corrected chi connectivity index (χ3v) is 5.54. The lowest BCUT2D eigenvalue weighted by atomic mass is 9.94. The molecule has 1 fully saturated rings. The van der Waals surface area contributed by atoms with Crippen LogP contribution in [-0.4, -0.2) is 34.5 Å². The fraction of sp³-hybridized carbons (Fsp3) is 0.450. The molecule has 7 heteroatoms. The Kier molecular flexibility index (Phi) is 4.59. The van der Waals surface area contributed by atoms with Gasteiger partial charge in [0.05, 0.1) is 19.1 Å². The topological polar surface area (TPSA) is 76.5 Å². The molecule has 1 atom stereocenters. The molecule has 142 valence electrons. The van der Waals surface area contributed by atoms with Gasteiger partial charge in [0.25, 0.3) is 0 Å². The molecule has 4 rings (SSSR count). The zero-order chi connectivity index (χ0) is 19.0. The molecule has 2 aromatic rings. The van der Waals surface area contributed by atoms with Crippen molar-refractivity contribution in [2.75, 3.05) is 17.3 Å². The number of anilines is 2. The Morgan fingerprint density at radius 3 is 2.81 bits per heavy atom. The first-order valence-electron chi connectivity index (χ1n) is 9.36. The Labute approximate surface area is 158 Å². The van der Waals surface area contributed by atoms with Crippen LogP contribution in [0.4, 0.5) is 11.5 Å². The second-order valence-corrected chi connectivity index (χ2v) is 7.25. The number of hydrogen-bond donors (Lipinski definition) is 1. The minimum Gasteiger partial charge on any atom is -0.497 e. The molecule has 1 aromatic carbocycles. The standard InChI is InChI=1S/C20H24N4O3/c1-23-12-21-18-17(23)11-16(20(26)24(18)14-7-3-4-8-14)19(25)22-13-6-5-9-15(10-13)27-2/h5-6,9-10,12,14,16H,3-4,7-8,11H2,1-2H3,(H,22,25). The lowest BCUT2D eigenvalue weighted by molar-refractivity contribution is -0.131. The van der Waals surface area contributed by atoms with Gasteiger partial charge in [0.2, 0.25) is 11.8 Å². The van der Waals surface area contributed by atoms with Gasteiger partial charge in [-0.05, 0) is 25.0 Å². The number of benzene rings is 1. The molecular formula is C20H24N4O3. The summed E-state index contributed by atoms with van der Waals surface area (Å²) in [6, 6.07) is 7.29. The lowest BCUT2D eigenvalue weighted by Gasteiger charge is -2.35. The summed E-state index contributed by atoms with van der Waals surface area (Å²) < 4.78 is 7.11. The average molecular weight is 368 g/mol. The Bertz CT molecular complexity index is 870. The van der Waals surface area contributed by atoms with Crippen LogP contribution in [0, 0.1) is 5.92 Å². The van der Waals surface area contributed by atoms with Crippen LogP contribution in [0.15, 0.2) is 30.6 Å². The van der Waals surface area contributed by atoms with Crippen molar-refractivity contribution in [3.05, 3.63) is 36.3 Å². The highest BCUT2D eigenvalue weighted by Crippen LogP contribution is 2.36. The van der Waals surface area contributed by atoms with Gasteiger partial charge in [-0.3, -0.25) is 14.5 Å². The number of aryl methyl sites for hydroxylation is 1. The van der Waals surface area contributed by atoms with Crippen LogP contribution in [0.1, 0.15) is 31.4 Å². The van der Waals surface area contributed by atoms with Crippen molar-refractivity contribution in [3.63, 3.8) is 0 Å². The molecule has 0 bridgehead atoms. The summed E-state index contributed by atoms with van der Waals surface area (Å²) in [6.07, 6.45) is 6.23. The normalized spacial score (nSPS) is 19.9. The van der Waals surface area contributed by atoms with Crippen LogP contribution in [0.25, 0.3) is 0 Å². The van der Waals surface area contributed by atoms with E-state index in [1.54, 1.807) is 36.5 Å². The largest absolute Gasteiger partial charge is 0.497 e. The molecule has 27 heavy (non-hydrogen) atoms. The smallest absolute Gasteiger partial charge is 0.241 e. The molecule has 0 spiro atoms. The number of ether oxygens (including phenoxy) is 1. The number of amides is 2. The van der Waals surface area contributed by atoms with E-state index in [1.165, 1.54) is 0 Å². The molecule has 1 aliphatic heterocycles. The first-order chi connectivity index (χ1) is 13.1. The van der Waals surface area contributed by atoms with Gasteiger partial charge in [0.1, 0.15) is 11.7 Å². The van der Waals surface area contributed by atoms with Gasteiger partial charge in [-0.2, -0.15) is 0 Å². The van der Waals surface area contributed by atoms with Gasteiger partial charge in [-0.1, -0.05) is 18.9 Å². The van der Waals surface area contributed by atoms with Gasteiger partial charge in [0.15, 0.2) is 5.82 Å². The summed E-state index contributed by atoms with van der Waals surface area (Å²) in [5.41, 5.74) is 1.56. The van der Waals surface area contributed by atoms with Crippen LogP contribution < -0.4 is 15.0 Å². The number of nitrogens with one attached hydrogen (secondary N) is 1. The van der Waals surface area contributed by atoms with Gasteiger partial charge in [0, 0.05) is 31.3 Å². The van der Waals surface area contributed by atoms with Crippen LogP contribution in [-0.2, 0) is 23.1 Å². The predicted octanol–water partition coefficient (Wildman–Crippen LogP) is 2.52. The van der Waals surface area contributed by atoms with Crippen molar-refractivity contribution in [3.8, 4) is 5.75 Å². The zero-order valence-corrected chi connectivity index (χ0v) is 15.6. The van der Waals surface area contributed by atoms with Crippen LogP contribution in [0.3, 0.4) is 0 Å². The first-order valence-corrected chi connectivity index (χ1v) is 9.36. The SMILES string of the molecule is COc1cccc(NC(=O)C2Cc3c(ncn3C)N(C3CCCC3)C2=O)c1. The van der Waals surface area contributed by atoms with E-state index in [2.05, 4.69) is 10.3 Å². The van der Waals surface area contributed by atoms with E-state index in [1.807, 2.05) is 17.7 Å². The summed E-state index contributed by atoms with van der Waals surface area (Å²) in [7, 11) is 3.49. The Morgan fingerprint density at radius 2 is 2.07 bits per heavy atom. The zero-order valence-electron chi connectivity index (χ0n) is 15.6. The minimum atomic E-state index is -0.750. The number of methoxy groups -OCH3 is 1. The molecule has 2 heterocycles. The van der Waals surface area contributed by atoms with Crippen molar-refractivity contribution in [2.45, 2.75) is 38.1 Å². The second-order valence-electron chi connectivity index (χ2n) is 7.25. The molecule has 0 saturated heterocycles. The number of nitrogens with zero attached hydrogens (tertiary/aromatic N) is 3. The molecule has 2 aliphatic rings. The maximum absolute atomic E-state index is 13.2. The summed E-state index contributed by atoms with van der Waals surface area (Å²) in [4.78, 5) is 32.4. The Hall–Kier alpha value is -2.83. The molecule has 7 nitrogen and oxygen atoms in total. The Morgan fingerprint density at radius 1 is 1.30 bits per heavy atom. The number of imidazole rings is 1. The predicted molar refractivity (Wildman–Crippen MR) is 102 cm³/mol. The van der Waals surface area contributed by atoms with E-state index in [4.69, 9.17) is 4.74 Å². The van der Waals surface area contributed by atoms with E-state index in [9.17, 15) is 9.59 Å². The second kappa shape index (κ2) is 7.06. The van der Waals surface area contributed by atoms with Crippen LogP contribution in [0.2, 0.25) is 0 Å². The van der Waals surface area contributed by atoms with Crippen molar-refractivity contribution in [1.29, 1.82) is 0 Å². The van der Waals surface area contributed by atoms with Crippen molar-refractivity contribution >= 4 is 23.3 Å². The number of carbonyl (C=O) groups excluding carboxylic acids is 2. The summed E-state index contributed by atoms with van der Waals surface area (Å²) >= 11 is 0. The molecular weight excluding hydrogens is 344 g/mol. The van der Waals surface area contributed by atoms with Gasteiger partial charge >= 0.3 is 0 Å². The summed E-state index contributed by atoms with van der Waals surface area (Å²) in [6.45, 7) is 0. The molecule has 0 radical (unpaired) electrons. The monoisotopic (exact) mass is 368 g/mol.